The van der Waals surface area contributed by atoms with Crippen molar-refractivity contribution in [2.75, 3.05) is 65.5 Å². The summed E-state index contributed by atoms with van der Waals surface area (Å²) in [6, 6.07) is 24.0. The van der Waals surface area contributed by atoms with E-state index in [1.807, 2.05) is 49.4 Å². The first-order chi connectivity index (χ1) is 41.5. The third kappa shape index (κ3) is 27.0. The fraction of sp³-hybridized carbons (Fsp3) is 0.544. The van der Waals surface area contributed by atoms with Crippen LogP contribution in [0, 0.1) is 24.2 Å². The number of hydrazone groups is 1. The van der Waals surface area contributed by atoms with Gasteiger partial charge in [-0.15, -0.1) is 19.4 Å². The van der Waals surface area contributed by atoms with Crippen LogP contribution in [0.5, 0.6) is 5.75 Å². The molecule has 4 aliphatic rings. The summed E-state index contributed by atoms with van der Waals surface area (Å²) in [4.78, 5) is 42.6. The van der Waals surface area contributed by atoms with Crippen molar-refractivity contribution in [2.45, 2.75) is 170 Å². The van der Waals surface area contributed by atoms with Gasteiger partial charge in [0, 0.05) is 80.7 Å². The van der Waals surface area contributed by atoms with Gasteiger partial charge < -0.3 is 41.2 Å². The molecule has 19 heteroatoms. The molecule has 2 saturated heterocycles. The van der Waals surface area contributed by atoms with Crippen molar-refractivity contribution in [3.8, 4) is 29.9 Å². The summed E-state index contributed by atoms with van der Waals surface area (Å²) in [5.41, 5.74) is 11.8. The van der Waals surface area contributed by atoms with E-state index in [0.29, 0.717) is 69.4 Å². The summed E-state index contributed by atoms with van der Waals surface area (Å²) in [7, 11) is 2.85. The van der Waals surface area contributed by atoms with Gasteiger partial charge in [0.15, 0.2) is 5.67 Å². The molecule has 0 radical (unpaired) electrons. The Balaban J connectivity index is 0.000000691. The molecule has 1 aromatic heterocycles. The maximum Gasteiger partial charge on any atom is 1.00 e. The van der Waals surface area contributed by atoms with Gasteiger partial charge in [0.1, 0.15) is 18.5 Å². The second kappa shape index (κ2) is 40.9. The molecule has 8 rings (SSSR count). The number of unbranched alkanes of at least 4 members (excludes halogenated alkanes) is 5. The first-order valence-electron chi connectivity index (χ1n) is 30.7. The van der Waals surface area contributed by atoms with Crippen molar-refractivity contribution in [1.29, 1.82) is 0 Å². The number of fused-ring (bicyclic) bond motifs is 1. The zero-order valence-electron chi connectivity index (χ0n) is 54.3. The second-order valence-electron chi connectivity index (χ2n) is 23.5. The van der Waals surface area contributed by atoms with E-state index in [-0.39, 0.29) is 62.9 Å². The molecule has 470 valence electrons. The van der Waals surface area contributed by atoms with Crippen molar-refractivity contribution >= 4 is 58.3 Å². The number of likely N-dealkylation sites (tertiary alicyclic amines) is 1. The van der Waals surface area contributed by atoms with Crippen LogP contribution < -0.4 is 77.8 Å². The Kier molecular flexibility index (Phi) is 35.6. The number of nitrogens with one attached hydrogen (secondary N) is 3. The minimum atomic E-state index is -1.61. The Morgan fingerprint density at radius 1 is 0.977 bits per heavy atom. The van der Waals surface area contributed by atoms with Crippen LogP contribution >= 0.6 is 0 Å². The second-order valence-corrected chi connectivity index (χ2v) is 23.5. The van der Waals surface area contributed by atoms with Crippen molar-refractivity contribution in [3.63, 3.8) is 0 Å². The third-order valence-corrected chi connectivity index (χ3v) is 14.7. The van der Waals surface area contributed by atoms with Crippen LogP contribution in [0.25, 0.3) is 32.9 Å². The van der Waals surface area contributed by atoms with Crippen LogP contribution in [0.1, 0.15) is 162 Å². The number of primary amides is 1. The van der Waals surface area contributed by atoms with Crippen LogP contribution in [-0.2, 0) is 27.4 Å². The molecule has 3 aliphatic heterocycles. The maximum absolute atomic E-state index is 12.1. The van der Waals surface area contributed by atoms with Crippen molar-refractivity contribution < 1.29 is 79.9 Å². The van der Waals surface area contributed by atoms with Gasteiger partial charge in [0.25, 0.3) is 11.9 Å². The minimum Gasteiger partial charge on any atom is -0.661 e. The number of hydrogen-bond donors (Lipinski definition) is 5. The zero-order valence-corrected chi connectivity index (χ0v) is 57.4. The average Bonchev–Trinajstić information content (AvgIpc) is 2.94. The number of ether oxygens (including phenoxy) is 2. The van der Waals surface area contributed by atoms with Crippen molar-refractivity contribution in [1.82, 2.24) is 25.5 Å². The van der Waals surface area contributed by atoms with Crippen LogP contribution in [0.15, 0.2) is 98.7 Å². The number of aliphatic imine (C=N–C) groups is 3. The number of benzene rings is 3. The molecule has 6 N–H and O–H groups in total. The minimum absolute atomic E-state index is 0. The molecule has 3 fully saturated rings. The summed E-state index contributed by atoms with van der Waals surface area (Å²) in [6.45, 7) is 23.7. The van der Waals surface area contributed by atoms with E-state index in [0.717, 1.165) is 140 Å². The number of aliphatic hydroxyl groups is 1. The number of nitrogens with zero attached hydrogens (tertiary/aromatic N) is 8. The molecule has 1 atom stereocenters. The largest absolute Gasteiger partial charge is 1.00 e. The quantitative estimate of drug-likeness (QED) is 0.0194. The standard InChI is InChI=1S/C51H69N10O2.C10H19NO.C4H6FNO.C2H2.CH4O.K/c1-7-54-39(5)38(4)40-20-21-43(33-52-6)48(32-40)62-30-15-11-9-8-10-14-27-55-44-22-23-47-41(31-44)25-28-56-49(47)46-19-13-12-17-42(46)34-57-50-60-51(63-45-18-16-26-53-35-45)58-36-61(50)59-29-24-37(2)3;1-10(2,3)8-9(12)11-6-4-5-7-11;5-4(1-2-4)3(6)7;2*1-2;/h7,12-13,17,19-23,25,28-29,31-32,37,45,53,55H,8-11,14-16,18,24,26-27,30,33-36H2,1-6H3,(H,57,58,60);4-8H2,1-3H3;1-2H2,(H2,6,7);1-2H;2H,1H3;/q-1;;;;;+1/b39-38+,54-7?,59-29-;;;;;. The van der Waals surface area contributed by atoms with Gasteiger partial charge in [-0.2, -0.15) is 12.1 Å². The Bertz CT molecular complexity index is 2890. The normalized spacial score (nSPS) is 16.7. The molecule has 3 aromatic carbocycles. The van der Waals surface area contributed by atoms with E-state index in [4.69, 9.17) is 29.7 Å². The number of allylic oxidation sites excluding steroid dienone is 2. The number of aromatic nitrogens is 1. The van der Waals surface area contributed by atoms with Gasteiger partial charge >= 0.3 is 51.4 Å². The monoisotopic (exact) mass is 1220 g/mol. The molecule has 2 amide bonds. The molecular weight excluding hydrogens is 1120 g/mol. The van der Waals surface area contributed by atoms with Gasteiger partial charge in [-0.3, -0.25) is 24.9 Å². The van der Waals surface area contributed by atoms with E-state index in [1.54, 1.807) is 0 Å². The first kappa shape index (κ1) is 75.7. The number of hydrogen-bond acceptors (Lipinski definition) is 12. The molecule has 1 saturated carbocycles. The van der Waals surface area contributed by atoms with Gasteiger partial charge in [-0.25, -0.2) is 19.4 Å². The Labute approximate surface area is 562 Å². The summed E-state index contributed by atoms with van der Waals surface area (Å²) >= 11 is 0. The summed E-state index contributed by atoms with van der Waals surface area (Å²) in [5, 5.41) is 30.6. The van der Waals surface area contributed by atoms with E-state index in [2.05, 4.69) is 158 Å². The van der Waals surface area contributed by atoms with Gasteiger partial charge in [-0.05, 0) is 148 Å². The predicted octanol–water partition coefficient (Wildman–Crippen LogP) is 9.83. The van der Waals surface area contributed by atoms with E-state index in [9.17, 15) is 14.0 Å². The van der Waals surface area contributed by atoms with E-state index in [1.165, 1.54) is 32.1 Å². The number of amides is 2. The van der Waals surface area contributed by atoms with Gasteiger partial charge in [0.2, 0.25) is 11.9 Å². The van der Waals surface area contributed by atoms with E-state index >= 15 is 0 Å². The van der Waals surface area contributed by atoms with Crippen LogP contribution in [-0.4, -0.2) is 128 Å². The molecular formula is C68H100FKN12O5. The molecule has 4 aromatic rings. The number of carbonyl (C=O) groups is 2. The summed E-state index contributed by atoms with van der Waals surface area (Å²) in [6.07, 6.45) is 27.4. The smallest absolute Gasteiger partial charge is 0.661 e. The number of nitrogens with two attached hydrogens (primary N) is 1. The number of guanidine groups is 1. The number of aliphatic hydroxyl groups excluding tert-OH is 1. The number of anilines is 1. The number of terminal acetylenes is 1. The first-order valence-corrected chi connectivity index (χ1v) is 30.7. The van der Waals surface area contributed by atoms with Crippen molar-refractivity contribution in [3.05, 3.63) is 101 Å². The molecule has 0 spiro atoms. The molecule has 17 nitrogen and oxygen atoms in total. The van der Waals surface area contributed by atoms with Gasteiger partial charge in [-0.1, -0.05) is 103 Å². The average molecular weight is 1220 g/mol. The number of rotatable bonds is 24. The summed E-state index contributed by atoms with van der Waals surface area (Å²) < 4.78 is 24.7. The fourth-order valence-electron chi connectivity index (χ4n) is 9.62. The fourth-order valence-corrected chi connectivity index (χ4v) is 9.62. The maximum atomic E-state index is 12.1. The topological polar surface area (TPSA) is 218 Å². The van der Waals surface area contributed by atoms with Crippen LogP contribution in [0.2, 0.25) is 0 Å². The molecule has 4 heterocycles. The molecule has 1 unspecified atom stereocenters. The van der Waals surface area contributed by atoms with Crippen molar-refractivity contribution in [2.24, 2.45) is 37.1 Å². The summed E-state index contributed by atoms with van der Waals surface area (Å²) in [5.74, 6) is 1.58. The van der Waals surface area contributed by atoms with E-state index < -0.39 is 11.6 Å². The number of amidine groups is 1. The Morgan fingerprint density at radius 2 is 1.69 bits per heavy atom. The number of alkyl halides is 1. The molecule has 87 heavy (non-hydrogen) atoms. The Morgan fingerprint density at radius 3 is 2.33 bits per heavy atom. The predicted molar refractivity (Wildman–Crippen MR) is 354 cm³/mol. The Hall–Kier alpha value is -5.56. The molecule has 0 bridgehead atoms. The SMILES string of the molecule is C#C.CC(C)(C)CC(=O)N1CCCC1.CC=N/C(C)=C(\C)c1ccc(C[N-]C)c(OCCCCCCCCNc2ccc3c(-c4ccccc4CN=C4NC(OC5CCCNC5)=NCN4/N=C\CC(C)C)nccc3c2)c1.CO.NC(=O)C1(F)CC1.[K+]. The third-order valence-electron chi connectivity index (χ3n) is 14.7. The van der Waals surface area contributed by atoms with Crippen LogP contribution in [0.3, 0.4) is 0 Å². The molecule has 1 aliphatic carbocycles. The zero-order chi connectivity index (χ0) is 62.9. The number of halogens is 1. The van der Waals surface area contributed by atoms with Gasteiger partial charge in [0.05, 0.1) is 18.8 Å². The number of carbonyl (C=O) groups excluding carboxylic acids is 2. The number of piperidine rings is 1. The number of pyridine rings is 1. The van der Waals surface area contributed by atoms with Crippen LogP contribution in [0.4, 0.5) is 10.1 Å².